The molecule has 0 radical (unpaired) electrons. The van der Waals surface area contributed by atoms with Gasteiger partial charge >= 0.3 is 6.18 Å². The summed E-state index contributed by atoms with van der Waals surface area (Å²) in [6, 6.07) is 20.0. The van der Waals surface area contributed by atoms with Gasteiger partial charge in [-0.25, -0.2) is 4.98 Å². The van der Waals surface area contributed by atoms with Gasteiger partial charge in [-0.1, -0.05) is 72.4 Å². The third kappa shape index (κ3) is 11.2. The molecule has 2 heterocycles. The number of aromatic nitrogens is 2. The lowest BCUT2D eigenvalue weighted by Crippen LogP contribution is -2.56. The third-order valence-corrected chi connectivity index (χ3v) is 11.4. The minimum atomic E-state index is -4.63. The molecule has 3 atom stereocenters. The van der Waals surface area contributed by atoms with Crippen molar-refractivity contribution in [1.29, 1.82) is 0 Å². The van der Waals surface area contributed by atoms with E-state index in [4.69, 9.17) is 17.2 Å². The van der Waals surface area contributed by atoms with E-state index in [0.29, 0.717) is 66.1 Å². The maximum Gasteiger partial charge on any atom is 0.417 e. The normalized spacial score (nSPS) is 13.2. The predicted molar refractivity (Wildman–Crippen MR) is 221 cm³/mol. The molecule has 308 valence electrons. The number of aryl methyl sites for hydroxylation is 1. The number of primary amides is 1. The van der Waals surface area contributed by atoms with Gasteiger partial charge in [0.15, 0.2) is 0 Å². The molecule has 15 heteroatoms. The molecule has 0 fully saturated rings. The summed E-state index contributed by atoms with van der Waals surface area (Å²) >= 11 is 0.920. The summed E-state index contributed by atoms with van der Waals surface area (Å²) in [6.45, 7) is 2.42. The zero-order valence-corrected chi connectivity index (χ0v) is 33.5. The van der Waals surface area contributed by atoms with Gasteiger partial charge in [-0.2, -0.15) is 13.2 Å². The zero-order valence-electron chi connectivity index (χ0n) is 32.6. The standard InChI is InChI=1S/C43H51F3N8O3S/c1-27-22-30(28-12-4-3-5-13-28)23-33(43(44,45)46)38(27)58-41-29(14-11-21-50-41)25-52-35(18-10-20-48)40(56)53-36(17-8-9-19-47)42(57)54(2)37(39(49)55)24-31-26-51-34-16-7-6-15-32(31)34/h3-7,11-16,21-23,26,35-37,51-52H,8-10,17-20,24-25,47-48H2,1-2H3,(H2,49,55)(H,53,56)/t35-,36-,37-/m0/s1. The molecule has 3 aromatic carbocycles. The molecular formula is C43H51F3N8O3S. The van der Waals surface area contributed by atoms with Crippen LogP contribution in [0.4, 0.5) is 13.2 Å². The highest BCUT2D eigenvalue weighted by molar-refractivity contribution is 7.99. The van der Waals surface area contributed by atoms with Gasteiger partial charge in [0.05, 0.1) is 11.6 Å². The Bertz CT molecular complexity index is 2160. The number of unbranched alkanes of at least 4 members (excludes halogenated alkanes) is 1. The number of para-hydroxylation sites is 1. The van der Waals surface area contributed by atoms with E-state index >= 15 is 0 Å². The molecule has 2 aromatic heterocycles. The number of rotatable bonds is 20. The summed E-state index contributed by atoms with van der Waals surface area (Å²) in [6.07, 6.45) is 1.03. The highest BCUT2D eigenvalue weighted by Crippen LogP contribution is 2.43. The lowest BCUT2D eigenvalue weighted by atomic mass is 10.00. The monoisotopic (exact) mass is 816 g/mol. The smallest absolute Gasteiger partial charge is 0.368 e. The molecular weight excluding hydrogens is 766 g/mol. The Hall–Kier alpha value is -5.22. The van der Waals surface area contributed by atoms with Gasteiger partial charge in [0.25, 0.3) is 0 Å². The van der Waals surface area contributed by atoms with Crippen LogP contribution in [0.1, 0.15) is 54.4 Å². The number of fused-ring (bicyclic) bond motifs is 1. The van der Waals surface area contributed by atoms with Crippen molar-refractivity contribution < 1.29 is 27.6 Å². The second-order valence-corrected chi connectivity index (χ2v) is 15.2. The summed E-state index contributed by atoms with van der Waals surface area (Å²) in [5, 5.41) is 7.41. The number of pyridine rings is 1. The first kappa shape index (κ1) is 43.9. The van der Waals surface area contributed by atoms with Gasteiger partial charge in [-0.05, 0) is 98.1 Å². The highest BCUT2D eigenvalue weighted by Gasteiger charge is 2.36. The van der Waals surface area contributed by atoms with Crippen molar-refractivity contribution in [3.8, 4) is 11.1 Å². The van der Waals surface area contributed by atoms with Crippen LogP contribution in [-0.2, 0) is 33.5 Å². The maximum absolute atomic E-state index is 14.6. The molecule has 5 rings (SSSR count). The number of nitrogens with zero attached hydrogens (tertiary/aromatic N) is 2. The minimum Gasteiger partial charge on any atom is -0.368 e. The average molecular weight is 817 g/mol. The highest BCUT2D eigenvalue weighted by atomic mass is 32.2. The van der Waals surface area contributed by atoms with Crippen molar-refractivity contribution in [2.24, 2.45) is 17.2 Å². The van der Waals surface area contributed by atoms with Gasteiger partial charge in [0, 0.05) is 48.2 Å². The fraction of sp³-hybridized carbons (Fsp3) is 0.349. The Morgan fingerprint density at radius 1 is 0.879 bits per heavy atom. The Kier molecular flexibility index (Phi) is 15.5. The number of halogens is 3. The van der Waals surface area contributed by atoms with Crippen LogP contribution in [0.25, 0.3) is 22.0 Å². The third-order valence-electron chi connectivity index (χ3n) is 10.1. The number of nitrogens with two attached hydrogens (primary N) is 3. The van der Waals surface area contributed by atoms with Gasteiger partial charge in [0.1, 0.15) is 17.1 Å². The number of nitrogens with one attached hydrogen (secondary N) is 3. The Morgan fingerprint density at radius 3 is 2.29 bits per heavy atom. The Morgan fingerprint density at radius 2 is 1.59 bits per heavy atom. The second-order valence-electron chi connectivity index (χ2n) is 14.2. The van der Waals surface area contributed by atoms with Crippen LogP contribution < -0.4 is 27.8 Å². The molecule has 0 unspecified atom stereocenters. The van der Waals surface area contributed by atoms with Gasteiger partial charge in [0.2, 0.25) is 17.7 Å². The van der Waals surface area contributed by atoms with Crippen LogP contribution in [0.15, 0.2) is 101 Å². The largest absolute Gasteiger partial charge is 0.417 e. The number of likely N-dealkylation sites (N-methyl/N-ethyl adjacent to an activating group) is 1. The number of aromatic amines is 1. The summed E-state index contributed by atoms with van der Waals surface area (Å²) in [7, 11) is 1.50. The molecule has 58 heavy (non-hydrogen) atoms. The van der Waals surface area contributed by atoms with E-state index in [1.54, 1.807) is 61.7 Å². The van der Waals surface area contributed by atoms with Crippen molar-refractivity contribution >= 4 is 40.4 Å². The van der Waals surface area contributed by atoms with Crippen molar-refractivity contribution in [3.63, 3.8) is 0 Å². The van der Waals surface area contributed by atoms with Gasteiger partial charge in [-0.3, -0.25) is 14.4 Å². The minimum absolute atomic E-state index is 0.0338. The first-order chi connectivity index (χ1) is 27.8. The quantitative estimate of drug-likeness (QED) is 0.0511. The van der Waals surface area contributed by atoms with E-state index in [2.05, 4.69) is 20.6 Å². The van der Waals surface area contributed by atoms with E-state index in [9.17, 15) is 27.6 Å². The summed E-state index contributed by atoms with van der Waals surface area (Å²) in [4.78, 5) is 49.9. The van der Waals surface area contributed by atoms with E-state index in [1.807, 2.05) is 24.3 Å². The van der Waals surface area contributed by atoms with E-state index in [0.717, 1.165) is 34.3 Å². The molecule has 9 N–H and O–H groups in total. The molecule has 0 aliphatic heterocycles. The van der Waals surface area contributed by atoms with Crippen molar-refractivity contribution in [1.82, 2.24) is 25.5 Å². The summed E-state index contributed by atoms with van der Waals surface area (Å²) in [5.74, 6) is -1.64. The van der Waals surface area contributed by atoms with Crippen LogP contribution >= 0.6 is 11.8 Å². The SMILES string of the molecule is Cc1cc(-c2ccccc2)cc(C(F)(F)F)c1Sc1ncccc1CN[C@@H](CCCN)C(=O)N[C@@H](CCCCN)C(=O)N(C)[C@@H](Cc1c[nH]c2ccccc12)C(N)=O. The second kappa shape index (κ2) is 20.5. The fourth-order valence-corrected chi connectivity index (χ4v) is 7.99. The molecule has 11 nitrogen and oxygen atoms in total. The van der Waals surface area contributed by atoms with Crippen LogP contribution in [0, 0.1) is 6.92 Å². The molecule has 5 aromatic rings. The maximum atomic E-state index is 14.6. The Labute approximate surface area is 340 Å². The molecule has 0 bridgehead atoms. The van der Waals surface area contributed by atoms with Crippen LogP contribution in [0.5, 0.6) is 0 Å². The fourth-order valence-electron chi connectivity index (χ4n) is 6.90. The lowest BCUT2D eigenvalue weighted by molar-refractivity contribution is -0.141. The molecule has 0 saturated carbocycles. The number of H-pyrrole nitrogens is 1. The van der Waals surface area contributed by atoms with E-state index in [1.165, 1.54) is 18.1 Å². The molecule has 0 spiro atoms. The van der Waals surface area contributed by atoms with E-state index in [-0.39, 0.29) is 24.3 Å². The summed E-state index contributed by atoms with van der Waals surface area (Å²) in [5.41, 5.74) is 20.5. The van der Waals surface area contributed by atoms with Crippen molar-refractivity contribution in [2.45, 2.75) is 86.2 Å². The number of alkyl halides is 3. The topological polar surface area (TPSA) is 185 Å². The number of amides is 3. The van der Waals surface area contributed by atoms with Crippen molar-refractivity contribution in [3.05, 3.63) is 114 Å². The number of hydrogen-bond donors (Lipinski definition) is 6. The molecule has 3 amide bonds. The molecule has 0 aliphatic carbocycles. The lowest BCUT2D eigenvalue weighted by Gasteiger charge is -2.31. The average Bonchev–Trinajstić information content (AvgIpc) is 3.62. The van der Waals surface area contributed by atoms with Gasteiger partial charge in [-0.15, -0.1) is 0 Å². The number of carbonyl (C=O) groups excluding carboxylic acids is 3. The van der Waals surface area contributed by atoms with Gasteiger partial charge < -0.3 is 37.7 Å². The van der Waals surface area contributed by atoms with Crippen LogP contribution in [-0.4, -0.2) is 70.9 Å². The molecule has 0 saturated heterocycles. The number of carbonyl (C=O) groups is 3. The Balaban J connectivity index is 1.34. The summed E-state index contributed by atoms with van der Waals surface area (Å²) < 4.78 is 43.7. The number of benzene rings is 3. The zero-order chi connectivity index (χ0) is 41.8. The van der Waals surface area contributed by atoms with E-state index < -0.39 is 47.6 Å². The van der Waals surface area contributed by atoms with Crippen molar-refractivity contribution in [2.75, 3.05) is 20.1 Å². The first-order valence-electron chi connectivity index (χ1n) is 19.3. The molecule has 0 aliphatic rings. The number of hydrogen-bond acceptors (Lipinski definition) is 8. The van der Waals surface area contributed by atoms with Crippen LogP contribution in [0.2, 0.25) is 0 Å². The predicted octanol–water partition coefficient (Wildman–Crippen LogP) is 6.07. The van der Waals surface area contributed by atoms with Crippen LogP contribution in [0.3, 0.4) is 0 Å². The first-order valence-corrected chi connectivity index (χ1v) is 20.1.